The Morgan fingerprint density at radius 3 is 2.30 bits per heavy atom. The lowest BCUT2D eigenvalue weighted by atomic mass is 10.1. The molecule has 1 aromatic heterocycles. The van der Waals surface area contributed by atoms with E-state index in [2.05, 4.69) is 34.6 Å². The Balaban J connectivity index is 1.55. The largest absolute Gasteiger partial charge is 0.462 e. The minimum Gasteiger partial charge on any atom is -0.462 e. The maximum absolute atomic E-state index is 13.3. The summed E-state index contributed by atoms with van der Waals surface area (Å²) in [7, 11) is 0. The van der Waals surface area contributed by atoms with Gasteiger partial charge in [-0.25, -0.2) is 4.79 Å². The molecule has 1 fully saturated rings. The van der Waals surface area contributed by atoms with Crippen LogP contribution in [0.1, 0.15) is 57.8 Å². The molecule has 2 aromatic carbocycles. The van der Waals surface area contributed by atoms with E-state index in [1.54, 1.807) is 26.0 Å². The summed E-state index contributed by atoms with van der Waals surface area (Å²) in [6, 6.07) is 19.5. The van der Waals surface area contributed by atoms with Crippen molar-refractivity contribution in [3.63, 3.8) is 0 Å². The summed E-state index contributed by atoms with van der Waals surface area (Å²) in [5.41, 5.74) is 2.50. The van der Waals surface area contributed by atoms with Crippen LogP contribution in [0.4, 0.5) is 10.7 Å². The van der Waals surface area contributed by atoms with Crippen LogP contribution in [0.5, 0.6) is 0 Å². The highest BCUT2D eigenvalue weighted by Crippen LogP contribution is 2.36. The number of nitrogens with one attached hydrogen (secondary N) is 2. The van der Waals surface area contributed by atoms with Crippen molar-refractivity contribution in [2.75, 3.05) is 23.8 Å². The van der Waals surface area contributed by atoms with Crippen molar-refractivity contribution < 1.29 is 19.1 Å². The van der Waals surface area contributed by atoms with Crippen LogP contribution < -0.4 is 10.6 Å². The fraction of sp³-hybridized carbons (Fsp3) is 0.345. The number of carbonyl (C=O) groups is 3. The molecule has 7 nitrogen and oxygen atoms in total. The normalized spacial score (nSPS) is 13.7. The SMILES string of the molecule is CCOC(=O)c1c(NC(=O)CN(Cc2ccccc2)C(C)C2CC2)sc(C(=O)Nc2ccccc2)c1C. The topological polar surface area (TPSA) is 87.7 Å². The van der Waals surface area contributed by atoms with E-state index >= 15 is 0 Å². The molecule has 0 spiro atoms. The lowest BCUT2D eigenvalue weighted by molar-refractivity contribution is -0.118. The Morgan fingerprint density at radius 2 is 1.68 bits per heavy atom. The number of carbonyl (C=O) groups excluding carboxylic acids is 3. The monoisotopic (exact) mass is 519 g/mol. The van der Waals surface area contributed by atoms with Gasteiger partial charge in [0.2, 0.25) is 5.91 Å². The van der Waals surface area contributed by atoms with E-state index in [0.717, 1.165) is 16.9 Å². The molecule has 3 aromatic rings. The fourth-order valence-electron chi connectivity index (χ4n) is 4.37. The van der Waals surface area contributed by atoms with Crippen molar-refractivity contribution in [3.05, 3.63) is 82.2 Å². The summed E-state index contributed by atoms with van der Waals surface area (Å²) in [5, 5.41) is 6.10. The van der Waals surface area contributed by atoms with E-state index in [0.29, 0.717) is 33.6 Å². The predicted molar refractivity (Wildman–Crippen MR) is 147 cm³/mol. The van der Waals surface area contributed by atoms with Gasteiger partial charge in [0.05, 0.1) is 23.6 Å². The maximum atomic E-state index is 13.3. The zero-order chi connectivity index (χ0) is 26.4. The average Bonchev–Trinajstić information content (AvgIpc) is 3.68. The summed E-state index contributed by atoms with van der Waals surface area (Å²) >= 11 is 1.09. The lowest BCUT2D eigenvalue weighted by Gasteiger charge is -2.28. The van der Waals surface area contributed by atoms with Crippen LogP contribution in [0.15, 0.2) is 60.7 Å². The standard InChI is InChI=1S/C29H33N3O4S/c1-4-36-29(35)25-19(2)26(27(34)30-23-13-9-6-10-14-23)37-28(25)31-24(33)18-32(20(3)22-15-16-22)17-21-11-7-5-8-12-21/h5-14,20,22H,4,15-18H2,1-3H3,(H,30,34)(H,31,33). The van der Waals surface area contributed by atoms with Crippen LogP contribution in [-0.2, 0) is 16.1 Å². The van der Waals surface area contributed by atoms with Gasteiger partial charge in [-0.15, -0.1) is 11.3 Å². The Labute approximate surface area is 221 Å². The third-order valence-corrected chi connectivity index (χ3v) is 7.78. The van der Waals surface area contributed by atoms with Gasteiger partial charge in [-0.2, -0.15) is 0 Å². The number of hydrogen-bond acceptors (Lipinski definition) is 6. The highest BCUT2D eigenvalue weighted by atomic mass is 32.1. The molecular formula is C29H33N3O4S. The van der Waals surface area contributed by atoms with E-state index in [4.69, 9.17) is 4.74 Å². The fourth-order valence-corrected chi connectivity index (χ4v) is 5.47. The number of para-hydroxylation sites is 1. The van der Waals surface area contributed by atoms with Crippen LogP contribution in [0.25, 0.3) is 0 Å². The molecule has 1 saturated carbocycles. The van der Waals surface area contributed by atoms with Crippen molar-refractivity contribution in [2.24, 2.45) is 5.92 Å². The summed E-state index contributed by atoms with van der Waals surface area (Å²) in [6.45, 7) is 6.62. The molecule has 2 N–H and O–H groups in total. The van der Waals surface area contributed by atoms with E-state index in [1.165, 1.54) is 12.8 Å². The van der Waals surface area contributed by atoms with Crippen molar-refractivity contribution in [1.29, 1.82) is 0 Å². The number of amides is 2. The molecule has 1 unspecified atom stereocenters. The molecule has 1 aliphatic rings. The number of anilines is 2. The van der Waals surface area contributed by atoms with Crippen LogP contribution in [-0.4, -0.2) is 41.9 Å². The second kappa shape index (κ2) is 12.2. The van der Waals surface area contributed by atoms with Gasteiger partial charge >= 0.3 is 5.97 Å². The quantitative estimate of drug-likeness (QED) is 0.316. The van der Waals surface area contributed by atoms with Crippen LogP contribution in [0.3, 0.4) is 0 Å². The first kappa shape index (κ1) is 26.6. The first-order chi connectivity index (χ1) is 17.9. The molecule has 1 atom stereocenters. The second-order valence-electron chi connectivity index (χ2n) is 9.32. The average molecular weight is 520 g/mol. The predicted octanol–water partition coefficient (Wildman–Crippen LogP) is 5.72. The lowest BCUT2D eigenvalue weighted by Crippen LogP contribution is -2.40. The molecule has 194 valence electrons. The highest BCUT2D eigenvalue weighted by Gasteiger charge is 2.33. The third-order valence-electron chi connectivity index (χ3n) is 6.57. The van der Waals surface area contributed by atoms with E-state index in [1.807, 2.05) is 36.4 Å². The zero-order valence-corrected chi connectivity index (χ0v) is 22.3. The Hall–Kier alpha value is -3.49. The van der Waals surface area contributed by atoms with Crippen LogP contribution in [0.2, 0.25) is 0 Å². The summed E-state index contributed by atoms with van der Waals surface area (Å²) in [6.07, 6.45) is 2.34. The highest BCUT2D eigenvalue weighted by molar-refractivity contribution is 7.19. The third kappa shape index (κ3) is 6.84. The molecule has 8 heteroatoms. The minimum atomic E-state index is -0.558. The molecule has 4 rings (SSSR count). The van der Waals surface area contributed by atoms with Crippen molar-refractivity contribution >= 4 is 39.8 Å². The number of nitrogens with zero attached hydrogens (tertiary/aromatic N) is 1. The van der Waals surface area contributed by atoms with Gasteiger partial charge in [0.1, 0.15) is 5.00 Å². The molecule has 0 aliphatic heterocycles. The van der Waals surface area contributed by atoms with E-state index < -0.39 is 5.97 Å². The van der Waals surface area contributed by atoms with Gasteiger partial charge in [-0.3, -0.25) is 14.5 Å². The van der Waals surface area contributed by atoms with Gasteiger partial charge in [-0.1, -0.05) is 48.5 Å². The summed E-state index contributed by atoms with van der Waals surface area (Å²) in [5.74, 6) is -0.542. The number of ether oxygens (including phenoxy) is 1. The number of thiophene rings is 1. The Bertz CT molecular complexity index is 1240. The van der Waals surface area contributed by atoms with Crippen molar-refractivity contribution in [3.8, 4) is 0 Å². The Kier molecular flexibility index (Phi) is 8.74. The smallest absolute Gasteiger partial charge is 0.341 e. The van der Waals surface area contributed by atoms with Crippen LogP contribution in [0, 0.1) is 12.8 Å². The van der Waals surface area contributed by atoms with Gasteiger partial charge in [0.15, 0.2) is 0 Å². The van der Waals surface area contributed by atoms with Crippen LogP contribution >= 0.6 is 11.3 Å². The van der Waals surface area contributed by atoms with Gasteiger partial charge in [-0.05, 0) is 62.8 Å². The molecule has 2 amide bonds. The number of rotatable bonds is 11. The van der Waals surface area contributed by atoms with Crippen molar-refractivity contribution in [2.45, 2.75) is 46.2 Å². The molecule has 1 heterocycles. The molecule has 0 radical (unpaired) electrons. The van der Waals surface area contributed by atoms with E-state index in [9.17, 15) is 14.4 Å². The molecule has 0 saturated heterocycles. The zero-order valence-electron chi connectivity index (χ0n) is 21.5. The molecule has 0 bridgehead atoms. The minimum absolute atomic E-state index is 0.178. The number of hydrogen-bond donors (Lipinski definition) is 2. The van der Waals surface area contributed by atoms with E-state index in [-0.39, 0.29) is 36.6 Å². The first-order valence-corrected chi connectivity index (χ1v) is 13.4. The first-order valence-electron chi connectivity index (χ1n) is 12.6. The molecular weight excluding hydrogens is 486 g/mol. The number of esters is 1. The number of benzene rings is 2. The van der Waals surface area contributed by atoms with Gasteiger partial charge in [0, 0.05) is 18.3 Å². The summed E-state index contributed by atoms with van der Waals surface area (Å²) in [4.78, 5) is 41.7. The summed E-state index contributed by atoms with van der Waals surface area (Å²) < 4.78 is 5.25. The van der Waals surface area contributed by atoms with Crippen molar-refractivity contribution in [1.82, 2.24) is 4.90 Å². The Morgan fingerprint density at radius 1 is 1.03 bits per heavy atom. The van der Waals surface area contributed by atoms with Gasteiger partial charge in [0.25, 0.3) is 5.91 Å². The second-order valence-corrected chi connectivity index (χ2v) is 10.3. The maximum Gasteiger partial charge on any atom is 0.341 e. The van der Waals surface area contributed by atoms with Gasteiger partial charge < -0.3 is 15.4 Å². The molecule has 1 aliphatic carbocycles. The molecule has 37 heavy (non-hydrogen) atoms.